The lowest BCUT2D eigenvalue weighted by Gasteiger charge is -2.13. The van der Waals surface area contributed by atoms with E-state index in [4.69, 9.17) is 28.3 Å². The Morgan fingerprint density at radius 2 is 2.20 bits per heavy atom. The van der Waals surface area contributed by atoms with Crippen molar-refractivity contribution in [1.82, 2.24) is 5.32 Å². The van der Waals surface area contributed by atoms with Gasteiger partial charge < -0.3 is 10.4 Å². The molecule has 0 fully saturated rings. The number of hydrogen-bond donors (Lipinski definition) is 2. The van der Waals surface area contributed by atoms with Crippen molar-refractivity contribution in [3.63, 3.8) is 0 Å². The number of carboxylic acid groups (broad SMARTS) is 1. The van der Waals surface area contributed by atoms with Crippen LogP contribution in [0.5, 0.6) is 0 Å². The molecule has 1 aromatic rings. The summed E-state index contributed by atoms with van der Waals surface area (Å²) in [6, 6.07) is 4.82. The first-order valence-corrected chi connectivity index (χ1v) is 5.14. The molecule has 0 saturated carbocycles. The van der Waals surface area contributed by atoms with Crippen LogP contribution in [-0.4, -0.2) is 24.7 Å². The molecule has 2 N–H and O–H groups in total. The van der Waals surface area contributed by atoms with E-state index in [9.17, 15) is 4.79 Å². The summed E-state index contributed by atoms with van der Waals surface area (Å²) in [6.45, 7) is 0.330. The Kier molecular flexibility index (Phi) is 4.39. The topological polar surface area (TPSA) is 49.3 Å². The molecule has 1 atom stereocenters. The summed E-state index contributed by atoms with van der Waals surface area (Å²) in [4.78, 5) is 11.0. The molecule has 0 saturated heterocycles. The second-order valence-electron chi connectivity index (χ2n) is 3.11. The monoisotopic (exact) mass is 247 g/mol. The van der Waals surface area contributed by atoms with Crippen molar-refractivity contribution in [3.05, 3.63) is 33.8 Å². The minimum atomic E-state index is -0.909. The molecule has 0 aliphatic carbocycles. The number of aliphatic carboxylic acids is 1. The minimum absolute atomic E-state index is 0.330. The zero-order chi connectivity index (χ0) is 11.4. The normalized spacial score (nSPS) is 12.5. The Morgan fingerprint density at radius 3 is 2.67 bits per heavy atom. The van der Waals surface area contributed by atoms with Crippen LogP contribution in [0.3, 0.4) is 0 Å². The van der Waals surface area contributed by atoms with Crippen molar-refractivity contribution in [2.45, 2.75) is 5.92 Å². The maximum atomic E-state index is 11.0. The van der Waals surface area contributed by atoms with Crippen LogP contribution in [0, 0.1) is 0 Å². The van der Waals surface area contributed by atoms with Gasteiger partial charge in [-0.2, -0.15) is 0 Å². The summed E-state index contributed by atoms with van der Waals surface area (Å²) in [7, 11) is 1.69. The number of carbonyl (C=O) groups is 1. The summed E-state index contributed by atoms with van der Waals surface area (Å²) in [5, 5.41) is 12.7. The summed E-state index contributed by atoms with van der Waals surface area (Å²) in [6.07, 6.45) is 0. The van der Waals surface area contributed by atoms with Gasteiger partial charge in [-0.15, -0.1) is 0 Å². The van der Waals surface area contributed by atoms with Gasteiger partial charge in [-0.1, -0.05) is 29.3 Å². The van der Waals surface area contributed by atoms with Crippen LogP contribution >= 0.6 is 23.2 Å². The number of likely N-dealkylation sites (N-methyl/N-ethyl adjacent to an activating group) is 1. The standard InChI is InChI=1S/C10H11Cl2NO2/c1-13-5-8(10(14)15)7-3-2-6(11)4-9(7)12/h2-4,8,13H,5H2,1H3,(H,14,15). The van der Waals surface area contributed by atoms with Crippen LogP contribution in [0.25, 0.3) is 0 Å². The molecule has 82 valence electrons. The molecule has 5 heteroatoms. The fraction of sp³-hybridized carbons (Fsp3) is 0.300. The van der Waals surface area contributed by atoms with Gasteiger partial charge in [0.1, 0.15) is 0 Å². The van der Waals surface area contributed by atoms with E-state index < -0.39 is 11.9 Å². The fourth-order valence-corrected chi connectivity index (χ4v) is 1.86. The molecule has 1 unspecified atom stereocenters. The molecule has 1 rings (SSSR count). The van der Waals surface area contributed by atoms with Crippen LogP contribution in [-0.2, 0) is 4.79 Å². The highest BCUT2D eigenvalue weighted by Gasteiger charge is 2.21. The zero-order valence-electron chi connectivity index (χ0n) is 8.13. The molecule has 0 heterocycles. The third-order valence-electron chi connectivity index (χ3n) is 2.04. The van der Waals surface area contributed by atoms with E-state index >= 15 is 0 Å². The van der Waals surface area contributed by atoms with Crippen LogP contribution in [0.4, 0.5) is 0 Å². The zero-order valence-corrected chi connectivity index (χ0v) is 9.64. The third kappa shape index (κ3) is 3.09. The van der Waals surface area contributed by atoms with Crippen molar-refractivity contribution in [1.29, 1.82) is 0 Å². The highest BCUT2D eigenvalue weighted by Crippen LogP contribution is 2.27. The number of hydrogen-bond acceptors (Lipinski definition) is 2. The van der Waals surface area contributed by atoms with E-state index in [0.717, 1.165) is 0 Å². The lowest BCUT2D eigenvalue weighted by molar-refractivity contribution is -0.138. The predicted molar refractivity (Wildman–Crippen MR) is 60.8 cm³/mol. The van der Waals surface area contributed by atoms with Crippen LogP contribution in [0.1, 0.15) is 11.5 Å². The van der Waals surface area contributed by atoms with Gasteiger partial charge in [0.05, 0.1) is 5.92 Å². The molecular formula is C10H11Cl2NO2. The summed E-state index contributed by atoms with van der Waals surface area (Å²) in [5.41, 5.74) is 0.572. The molecule has 0 spiro atoms. The predicted octanol–water partition coefficient (Wildman–Crippen LogP) is 2.38. The first-order valence-electron chi connectivity index (χ1n) is 4.38. The second kappa shape index (κ2) is 5.35. The van der Waals surface area contributed by atoms with Gasteiger partial charge >= 0.3 is 5.97 Å². The number of nitrogens with one attached hydrogen (secondary N) is 1. The van der Waals surface area contributed by atoms with E-state index in [1.807, 2.05) is 0 Å². The van der Waals surface area contributed by atoms with Crippen molar-refractivity contribution in [2.75, 3.05) is 13.6 Å². The van der Waals surface area contributed by atoms with Crippen molar-refractivity contribution < 1.29 is 9.90 Å². The molecule has 3 nitrogen and oxygen atoms in total. The van der Waals surface area contributed by atoms with E-state index in [1.165, 1.54) is 0 Å². The number of benzene rings is 1. The first kappa shape index (κ1) is 12.3. The molecule has 0 aliphatic heterocycles. The van der Waals surface area contributed by atoms with Gasteiger partial charge in [0.15, 0.2) is 0 Å². The molecule has 15 heavy (non-hydrogen) atoms. The van der Waals surface area contributed by atoms with E-state index in [1.54, 1.807) is 25.2 Å². The maximum Gasteiger partial charge on any atom is 0.312 e. The highest BCUT2D eigenvalue weighted by molar-refractivity contribution is 6.35. The molecular weight excluding hydrogens is 237 g/mol. The van der Waals surface area contributed by atoms with E-state index in [2.05, 4.69) is 5.32 Å². The Hall–Kier alpha value is -0.770. The average Bonchev–Trinajstić information content (AvgIpc) is 2.15. The third-order valence-corrected chi connectivity index (χ3v) is 2.61. The van der Waals surface area contributed by atoms with Crippen LogP contribution in [0.2, 0.25) is 10.0 Å². The molecule has 0 aliphatic rings. The largest absolute Gasteiger partial charge is 0.481 e. The van der Waals surface area contributed by atoms with Crippen molar-refractivity contribution in [2.24, 2.45) is 0 Å². The summed E-state index contributed by atoms with van der Waals surface area (Å²) in [5.74, 6) is -1.56. The van der Waals surface area contributed by atoms with Gasteiger partial charge in [-0.25, -0.2) is 0 Å². The van der Waals surface area contributed by atoms with Gasteiger partial charge in [0.2, 0.25) is 0 Å². The molecule has 0 bridgehead atoms. The van der Waals surface area contributed by atoms with Gasteiger partial charge in [0.25, 0.3) is 0 Å². The average molecular weight is 248 g/mol. The Morgan fingerprint density at radius 1 is 1.53 bits per heavy atom. The lowest BCUT2D eigenvalue weighted by Crippen LogP contribution is -2.24. The molecule has 1 aromatic carbocycles. The van der Waals surface area contributed by atoms with Crippen molar-refractivity contribution in [3.8, 4) is 0 Å². The Bertz CT molecular complexity index is 368. The van der Waals surface area contributed by atoms with Gasteiger partial charge in [-0.3, -0.25) is 4.79 Å². The minimum Gasteiger partial charge on any atom is -0.481 e. The fourth-order valence-electron chi connectivity index (χ4n) is 1.32. The van der Waals surface area contributed by atoms with E-state index in [0.29, 0.717) is 22.2 Å². The summed E-state index contributed by atoms with van der Waals surface area (Å²) >= 11 is 11.7. The van der Waals surface area contributed by atoms with Crippen LogP contribution in [0.15, 0.2) is 18.2 Å². The smallest absolute Gasteiger partial charge is 0.312 e. The number of carboxylic acids is 1. The maximum absolute atomic E-state index is 11.0. The molecule has 0 amide bonds. The quantitative estimate of drug-likeness (QED) is 0.860. The van der Waals surface area contributed by atoms with Gasteiger partial charge in [0, 0.05) is 16.6 Å². The van der Waals surface area contributed by atoms with E-state index in [-0.39, 0.29) is 0 Å². The van der Waals surface area contributed by atoms with Gasteiger partial charge in [-0.05, 0) is 24.7 Å². The Balaban J connectivity index is 3.05. The summed E-state index contributed by atoms with van der Waals surface area (Å²) < 4.78 is 0. The second-order valence-corrected chi connectivity index (χ2v) is 3.96. The highest BCUT2D eigenvalue weighted by atomic mass is 35.5. The molecule has 0 radical (unpaired) electrons. The first-order chi connectivity index (χ1) is 7.06. The number of halogens is 2. The lowest BCUT2D eigenvalue weighted by atomic mass is 9.99. The SMILES string of the molecule is CNCC(C(=O)O)c1ccc(Cl)cc1Cl. The van der Waals surface area contributed by atoms with Crippen LogP contribution < -0.4 is 5.32 Å². The Labute approximate surface area is 98.0 Å². The van der Waals surface area contributed by atoms with Crippen molar-refractivity contribution >= 4 is 29.2 Å². The number of rotatable bonds is 4. The molecule has 0 aromatic heterocycles.